The number of nitrogens with zero attached hydrogens (tertiary/aromatic N) is 1. The van der Waals surface area contributed by atoms with E-state index in [2.05, 4.69) is 10.2 Å². The smallest absolute Gasteiger partial charge is 0.163 e. The second kappa shape index (κ2) is 7.71. The number of nitrogens with one attached hydrogen (secondary N) is 1. The fraction of sp³-hybridized carbons (Fsp3) is 0.647. The molecule has 1 aliphatic heterocycles. The van der Waals surface area contributed by atoms with E-state index in [1.165, 1.54) is 12.8 Å². The van der Waals surface area contributed by atoms with Crippen molar-refractivity contribution in [1.82, 2.24) is 10.2 Å². The minimum atomic E-state index is -0.675. The first kappa shape index (κ1) is 17.6. The third-order valence-electron chi connectivity index (χ3n) is 5.02. The van der Waals surface area contributed by atoms with Crippen molar-refractivity contribution in [2.24, 2.45) is 5.92 Å². The molecule has 0 aromatic heterocycles. The van der Waals surface area contributed by atoms with Crippen molar-refractivity contribution in [3.8, 4) is 0 Å². The van der Waals surface area contributed by atoms with Crippen molar-refractivity contribution in [3.63, 3.8) is 0 Å². The van der Waals surface area contributed by atoms with Crippen molar-refractivity contribution < 1.29 is 8.78 Å². The van der Waals surface area contributed by atoms with Crippen LogP contribution in [-0.2, 0) is 0 Å². The average Bonchev–Trinajstić information content (AvgIpc) is 3.03. The SMILES string of the molecule is Cc1ccc([C@@H](C2CCCC2)N2CCNCC2)c(F)c1F.Cl. The van der Waals surface area contributed by atoms with Crippen LogP contribution in [0.15, 0.2) is 12.1 Å². The molecular formula is C17H25ClF2N2. The van der Waals surface area contributed by atoms with Crippen molar-refractivity contribution in [2.45, 2.75) is 38.6 Å². The number of rotatable bonds is 3. The van der Waals surface area contributed by atoms with E-state index < -0.39 is 11.6 Å². The average molecular weight is 331 g/mol. The van der Waals surface area contributed by atoms with Gasteiger partial charge in [-0.25, -0.2) is 8.78 Å². The van der Waals surface area contributed by atoms with Gasteiger partial charge < -0.3 is 5.32 Å². The Morgan fingerprint density at radius 2 is 1.73 bits per heavy atom. The molecule has 1 heterocycles. The highest BCUT2D eigenvalue weighted by Crippen LogP contribution is 2.41. The van der Waals surface area contributed by atoms with Crippen LogP contribution in [-0.4, -0.2) is 31.1 Å². The zero-order valence-electron chi connectivity index (χ0n) is 13.1. The molecule has 124 valence electrons. The van der Waals surface area contributed by atoms with Crippen molar-refractivity contribution in [3.05, 3.63) is 34.9 Å². The van der Waals surface area contributed by atoms with Gasteiger partial charge in [-0.05, 0) is 31.2 Å². The Bertz CT molecular complexity index is 498. The maximum Gasteiger partial charge on any atom is 0.163 e. The molecular weight excluding hydrogens is 306 g/mol. The third kappa shape index (κ3) is 3.44. The summed E-state index contributed by atoms with van der Waals surface area (Å²) >= 11 is 0. The van der Waals surface area contributed by atoms with E-state index in [4.69, 9.17) is 0 Å². The predicted octanol–water partition coefficient (Wildman–Crippen LogP) is 3.83. The van der Waals surface area contributed by atoms with E-state index >= 15 is 0 Å². The molecule has 1 saturated carbocycles. The summed E-state index contributed by atoms with van der Waals surface area (Å²) in [6.07, 6.45) is 4.68. The largest absolute Gasteiger partial charge is 0.314 e. The van der Waals surface area contributed by atoms with Crippen LogP contribution >= 0.6 is 12.4 Å². The molecule has 2 aliphatic rings. The lowest BCUT2D eigenvalue weighted by Crippen LogP contribution is -2.47. The fourth-order valence-electron chi connectivity index (χ4n) is 3.87. The highest BCUT2D eigenvalue weighted by molar-refractivity contribution is 5.85. The highest BCUT2D eigenvalue weighted by atomic mass is 35.5. The standard InChI is InChI=1S/C17H24F2N2.ClH/c1-12-6-7-14(16(19)15(12)18)17(13-4-2-3-5-13)21-10-8-20-9-11-21;/h6-7,13,17,20H,2-5,8-11H2,1H3;1H/t17-;/m1./s1. The monoisotopic (exact) mass is 330 g/mol. The first-order valence-corrected chi connectivity index (χ1v) is 8.07. The lowest BCUT2D eigenvalue weighted by atomic mass is 9.88. The number of halogens is 3. The first-order chi connectivity index (χ1) is 10.2. The molecule has 22 heavy (non-hydrogen) atoms. The van der Waals surface area contributed by atoms with Gasteiger partial charge >= 0.3 is 0 Å². The van der Waals surface area contributed by atoms with Crippen molar-refractivity contribution in [2.75, 3.05) is 26.2 Å². The molecule has 0 bridgehead atoms. The Balaban J connectivity index is 0.00000176. The molecule has 2 fully saturated rings. The van der Waals surface area contributed by atoms with Crippen LogP contribution in [0.3, 0.4) is 0 Å². The van der Waals surface area contributed by atoms with Crippen LogP contribution in [0.25, 0.3) is 0 Å². The van der Waals surface area contributed by atoms with Gasteiger partial charge in [0.2, 0.25) is 0 Å². The normalized spacial score (nSPS) is 21.6. The van der Waals surface area contributed by atoms with Gasteiger partial charge in [-0.1, -0.05) is 25.0 Å². The molecule has 1 aromatic rings. The second-order valence-corrected chi connectivity index (χ2v) is 6.37. The van der Waals surface area contributed by atoms with E-state index in [1.54, 1.807) is 19.1 Å². The van der Waals surface area contributed by atoms with Crippen molar-refractivity contribution in [1.29, 1.82) is 0 Å². The van der Waals surface area contributed by atoms with Gasteiger partial charge in [-0.15, -0.1) is 12.4 Å². The third-order valence-corrected chi connectivity index (χ3v) is 5.02. The molecule has 1 N–H and O–H groups in total. The molecule has 0 spiro atoms. The quantitative estimate of drug-likeness (QED) is 0.906. The lowest BCUT2D eigenvalue weighted by molar-refractivity contribution is 0.122. The van der Waals surface area contributed by atoms with Gasteiger partial charge in [0, 0.05) is 37.8 Å². The minimum absolute atomic E-state index is 0. The van der Waals surface area contributed by atoms with Crippen LogP contribution < -0.4 is 5.32 Å². The summed E-state index contributed by atoms with van der Waals surface area (Å²) in [5, 5.41) is 3.34. The van der Waals surface area contributed by atoms with Crippen molar-refractivity contribution >= 4 is 12.4 Å². The summed E-state index contributed by atoms with van der Waals surface area (Å²) in [5.74, 6) is -0.851. The predicted molar refractivity (Wildman–Crippen MR) is 87.5 cm³/mol. The number of aryl methyl sites for hydroxylation is 1. The zero-order valence-corrected chi connectivity index (χ0v) is 13.9. The Hall–Kier alpha value is -0.710. The van der Waals surface area contributed by atoms with Gasteiger partial charge in [0.15, 0.2) is 11.6 Å². The lowest BCUT2D eigenvalue weighted by Gasteiger charge is -2.38. The summed E-state index contributed by atoms with van der Waals surface area (Å²) in [4.78, 5) is 2.35. The van der Waals surface area contributed by atoms with Gasteiger partial charge in [0.05, 0.1) is 0 Å². The molecule has 1 saturated heterocycles. The van der Waals surface area contributed by atoms with Crippen LogP contribution in [0.2, 0.25) is 0 Å². The van der Waals surface area contributed by atoms with Gasteiger partial charge in [-0.2, -0.15) is 0 Å². The first-order valence-electron chi connectivity index (χ1n) is 8.07. The second-order valence-electron chi connectivity index (χ2n) is 6.37. The maximum atomic E-state index is 14.5. The zero-order chi connectivity index (χ0) is 14.8. The summed E-state index contributed by atoms with van der Waals surface area (Å²) < 4.78 is 28.5. The number of benzene rings is 1. The number of hydrogen-bond acceptors (Lipinski definition) is 2. The molecule has 1 aromatic carbocycles. The Morgan fingerprint density at radius 3 is 2.36 bits per heavy atom. The molecule has 1 atom stereocenters. The highest BCUT2D eigenvalue weighted by Gasteiger charge is 2.34. The van der Waals surface area contributed by atoms with Gasteiger partial charge in [0.1, 0.15) is 0 Å². The molecule has 0 amide bonds. The summed E-state index contributed by atoms with van der Waals surface area (Å²) in [6.45, 7) is 5.31. The molecule has 1 aliphatic carbocycles. The Labute approximate surface area is 137 Å². The topological polar surface area (TPSA) is 15.3 Å². The molecule has 3 rings (SSSR count). The summed E-state index contributed by atoms with van der Waals surface area (Å²) in [6, 6.07) is 3.56. The Kier molecular flexibility index (Phi) is 6.18. The minimum Gasteiger partial charge on any atom is -0.314 e. The fourth-order valence-corrected chi connectivity index (χ4v) is 3.87. The molecule has 2 nitrogen and oxygen atoms in total. The van der Waals surface area contributed by atoms with Gasteiger partial charge in [0.25, 0.3) is 0 Å². The van der Waals surface area contributed by atoms with E-state index in [0.717, 1.165) is 39.0 Å². The maximum absolute atomic E-state index is 14.5. The molecule has 5 heteroatoms. The van der Waals surface area contributed by atoms with Crippen LogP contribution in [0.4, 0.5) is 8.78 Å². The van der Waals surface area contributed by atoms with E-state index in [9.17, 15) is 8.78 Å². The van der Waals surface area contributed by atoms with Crippen LogP contribution in [0.5, 0.6) is 0 Å². The van der Waals surface area contributed by atoms with E-state index in [-0.39, 0.29) is 18.4 Å². The van der Waals surface area contributed by atoms with Gasteiger partial charge in [-0.3, -0.25) is 4.90 Å². The van der Waals surface area contributed by atoms with E-state index in [0.29, 0.717) is 17.0 Å². The number of hydrogen-bond donors (Lipinski definition) is 1. The summed E-state index contributed by atoms with van der Waals surface area (Å²) in [7, 11) is 0. The van der Waals surface area contributed by atoms with Crippen LogP contribution in [0, 0.1) is 24.5 Å². The summed E-state index contributed by atoms with van der Waals surface area (Å²) in [5.41, 5.74) is 0.952. The number of piperazine rings is 1. The van der Waals surface area contributed by atoms with E-state index in [1.807, 2.05) is 0 Å². The molecule has 0 unspecified atom stereocenters. The Morgan fingerprint density at radius 1 is 1.09 bits per heavy atom. The van der Waals surface area contributed by atoms with Crippen LogP contribution in [0.1, 0.15) is 42.9 Å². The molecule has 0 radical (unpaired) electrons.